The number of rotatable bonds is 6. The van der Waals surface area contributed by atoms with Crippen molar-refractivity contribution in [3.8, 4) is 5.75 Å². The minimum Gasteiger partial charge on any atom is -0.497 e. The number of fused-ring (bicyclic) bond motifs is 1. The van der Waals surface area contributed by atoms with Gasteiger partial charge in [0.1, 0.15) is 11.0 Å². The van der Waals surface area contributed by atoms with Crippen molar-refractivity contribution < 1.29 is 9.53 Å². The maximum Gasteiger partial charge on any atom is 0.240 e. The number of aryl methyl sites for hydroxylation is 2. The van der Waals surface area contributed by atoms with E-state index < -0.39 is 5.25 Å². The zero-order valence-electron chi connectivity index (χ0n) is 18.2. The molecular formula is C23H27N5O2S. The highest BCUT2D eigenvalue weighted by Gasteiger charge is 2.38. The van der Waals surface area contributed by atoms with Crippen LogP contribution in [0.2, 0.25) is 0 Å². The first kappa shape index (κ1) is 21.2. The Bertz CT molecular complexity index is 1080. The minimum absolute atomic E-state index is 0.0710. The van der Waals surface area contributed by atoms with Crippen LogP contribution in [-0.4, -0.2) is 33.1 Å². The monoisotopic (exact) mass is 437 g/mol. The summed E-state index contributed by atoms with van der Waals surface area (Å²) >= 11 is 1.44. The van der Waals surface area contributed by atoms with Crippen molar-refractivity contribution in [1.29, 1.82) is 0 Å². The fourth-order valence-electron chi connectivity index (χ4n) is 3.64. The number of nitrogens with zero attached hydrogens (tertiary/aromatic N) is 3. The Kier molecular flexibility index (Phi) is 6.18. The van der Waals surface area contributed by atoms with E-state index in [9.17, 15) is 4.79 Å². The minimum atomic E-state index is -0.417. The first-order chi connectivity index (χ1) is 15.0. The molecule has 2 atom stereocenters. The van der Waals surface area contributed by atoms with Crippen molar-refractivity contribution in [2.45, 2.75) is 50.1 Å². The molecule has 1 aromatic heterocycles. The molecule has 0 saturated carbocycles. The number of ether oxygens (including phenoxy) is 1. The molecule has 0 saturated heterocycles. The second-order valence-corrected chi connectivity index (χ2v) is 8.75. The molecule has 0 fully saturated rings. The number of anilines is 1. The third-order valence-electron chi connectivity index (χ3n) is 5.57. The Hall–Kier alpha value is -3.00. The number of hydrogen-bond donors (Lipinski definition) is 2. The lowest BCUT2D eigenvalue weighted by atomic mass is 10.0. The van der Waals surface area contributed by atoms with Gasteiger partial charge in [-0.25, -0.2) is 4.68 Å². The van der Waals surface area contributed by atoms with E-state index in [0.717, 1.165) is 46.8 Å². The maximum atomic E-state index is 13.4. The summed E-state index contributed by atoms with van der Waals surface area (Å²) in [7, 11) is 1.64. The molecule has 1 aliphatic rings. The van der Waals surface area contributed by atoms with Gasteiger partial charge in [-0.05, 0) is 55.2 Å². The molecule has 8 heteroatoms. The topological polar surface area (TPSA) is 81.1 Å². The molecule has 2 heterocycles. The predicted octanol–water partition coefficient (Wildman–Crippen LogP) is 4.25. The molecular weight excluding hydrogens is 410 g/mol. The van der Waals surface area contributed by atoms with Gasteiger partial charge in [-0.1, -0.05) is 43.0 Å². The number of hydrogen-bond acceptors (Lipinski definition) is 6. The van der Waals surface area contributed by atoms with Crippen LogP contribution >= 0.6 is 11.8 Å². The van der Waals surface area contributed by atoms with Gasteiger partial charge in [0, 0.05) is 12.1 Å². The lowest BCUT2D eigenvalue weighted by molar-refractivity contribution is -0.116. The third-order valence-corrected chi connectivity index (χ3v) is 6.79. The molecule has 0 spiro atoms. The number of aromatic nitrogens is 3. The third kappa shape index (κ3) is 4.25. The molecule has 7 nitrogen and oxygen atoms in total. The van der Waals surface area contributed by atoms with Gasteiger partial charge in [-0.3, -0.25) is 4.79 Å². The molecule has 0 aliphatic carbocycles. The van der Waals surface area contributed by atoms with E-state index in [1.54, 1.807) is 7.11 Å². The predicted molar refractivity (Wildman–Crippen MR) is 123 cm³/mol. The summed E-state index contributed by atoms with van der Waals surface area (Å²) in [6, 6.07) is 13.5. The largest absolute Gasteiger partial charge is 0.497 e. The summed E-state index contributed by atoms with van der Waals surface area (Å²) in [5.41, 5.74) is 7.53. The number of nitrogens with one attached hydrogen (secondary N) is 2. The van der Waals surface area contributed by atoms with Crippen LogP contribution < -0.4 is 15.5 Å². The average molecular weight is 438 g/mol. The summed E-state index contributed by atoms with van der Waals surface area (Å²) in [5, 5.41) is 12.0. The SMILES string of the molecule is CCCc1nnc2n1N[C@H](c1ccc(OC)cc1)[C@H](C(=O)Nc1cccc(C)c1C)S2. The van der Waals surface area contributed by atoms with Crippen LogP contribution in [0.15, 0.2) is 47.6 Å². The van der Waals surface area contributed by atoms with Gasteiger partial charge >= 0.3 is 0 Å². The molecule has 0 bridgehead atoms. The van der Waals surface area contributed by atoms with Crippen molar-refractivity contribution in [2.24, 2.45) is 0 Å². The zero-order valence-corrected chi connectivity index (χ0v) is 19.0. The molecule has 3 aromatic rings. The highest BCUT2D eigenvalue weighted by Crippen LogP contribution is 2.38. The van der Waals surface area contributed by atoms with Gasteiger partial charge in [0.05, 0.1) is 13.2 Å². The van der Waals surface area contributed by atoms with E-state index in [2.05, 4.69) is 27.9 Å². The molecule has 2 aromatic carbocycles. The number of methoxy groups -OCH3 is 1. The number of carbonyl (C=O) groups is 1. The summed E-state index contributed by atoms with van der Waals surface area (Å²) in [6.07, 6.45) is 1.78. The molecule has 4 rings (SSSR count). The first-order valence-corrected chi connectivity index (χ1v) is 11.3. The Morgan fingerprint density at radius 2 is 1.97 bits per heavy atom. The summed E-state index contributed by atoms with van der Waals surface area (Å²) in [6.45, 7) is 6.17. The quantitative estimate of drug-likeness (QED) is 0.600. The number of thioether (sulfide) groups is 1. The van der Waals surface area contributed by atoms with Gasteiger partial charge in [0.25, 0.3) is 0 Å². The van der Waals surface area contributed by atoms with Gasteiger partial charge in [-0.15, -0.1) is 10.2 Å². The Balaban J connectivity index is 1.68. The standard InChI is InChI=1S/C23H27N5O2S/c1-5-7-19-25-26-23-28(19)27-20(16-10-12-17(30-4)13-11-16)21(31-23)22(29)24-18-9-6-8-14(2)15(18)3/h6,8-13,20-21,27H,5,7H2,1-4H3,(H,24,29)/t20-,21-/m1/s1. The van der Waals surface area contributed by atoms with E-state index in [1.165, 1.54) is 11.8 Å². The van der Waals surface area contributed by atoms with Crippen LogP contribution in [0.25, 0.3) is 0 Å². The van der Waals surface area contributed by atoms with Crippen LogP contribution in [0.1, 0.15) is 41.9 Å². The summed E-state index contributed by atoms with van der Waals surface area (Å²) < 4.78 is 7.22. The van der Waals surface area contributed by atoms with E-state index in [0.29, 0.717) is 5.16 Å². The normalized spacial score (nSPS) is 17.5. The van der Waals surface area contributed by atoms with Gasteiger partial charge < -0.3 is 15.5 Å². The summed E-state index contributed by atoms with van der Waals surface area (Å²) in [5.74, 6) is 1.58. The van der Waals surface area contributed by atoms with Crippen LogP contribution in [-0.2, 0) is 11.2 Å². The Morgan fingerprint density at radius 3 is 2.68 bits per heavy atom. The second kappa shape index (κ2) is 9.01. The lowest BCUT2D eigenvalue weighted by Crippen LogP contribution is -2.41. The van der Waals surface area contributed by atoms with Gasteiger partial charge in [0.15, 0.2) is 5.82 Å². The van der Waals surface area contributed by atoms with E-state index in [4.69, 9.17) is 4.74 Å². The van der Waals surface area contributed by atoms with E-state index >= 15 is 0 Å². The molecule has 162 valence electrons. The van der Waals surface area contributed by atoms with Crippen LogP contribution in [0.3, 0.4) is 0 Å². The van der Waals surface area contributed by atoms with Crippen LogP contribution in [0, 0.1) is 13.8 Å². The van der Waals surface area contributed by atoms with E-state index in [1.807, 2.05) is 61.0 Å². The van der Waals surface area contributed by atoms with Crippen molar-refractivity contribution in [2.75, 3.05) is 17.9 Å². The Labute approximate surface area is 186 Å². The molecule has 0 unspecified atom stereocenters. The fourth-order valence-corrected chi connectivity index (χ4v) is 4.73. The molecule has 1 amide bonds. The molecule has 31 heavy (non-hydrogen) atoms. The van der Waals surface area contributed by atoms with Crippen molar-refractivity contribution >= 4 is 23.4 Å². The second-order valence-electron chi connectivity index (χ2n) is 7.64. The van der Waals surface area contributed by atoms with E-state index in [-0.39, 0.29) is 11.9 Å². The molecule has 0 radical (unpaired) electrons. The fraction of sp³-hybridized carbons (Fsp3) is 0.348. The van der Waals surface area contributed by atoms with Crippen molar-refractivity contribution in [1.82, 2.24) is 14.9 Å². The number of carbonyl (C=O) groups excluding carboxylic acids is 1. The highest BCUT2D eigenvalue weighted by atomic mass is 32.2. The lowest BCUT2D eigenvalue weighted by Gasteiger charge is -2.33. The zero-order chi connectivity index (χ0) is 22.0. The first-order valence-electron chi connectivity index (χ1n) is 10.4. The maximum absolute atomic E-state index is 13.4. The van der Waals surface area contributed by atoms with Gasteiger partial charge in [0.2, 0.25) is 11.1 Å². The molecule has 1 aliphatic heterocycles. The number of amides is 1. The van der Waals surface area contributed by atoms with Crippen molar-refractivity contribution in [3.63, 3.8) is 0 Å². The van der Waals surface area contributed by atoms with Gasteiger partial charge in [-0.2, -0.15) is 0 Å². The van der Waals surface area contributed by atoms with Crippen LogP contribution in [0.5, 0.6) is 5.75 Å². The van der Waals surface area contributed by atoms with Crippen LogP contribution in [0.4, 0.5) is 5.69 Å². The smallest absolute Gasteiger partial charge is 0.240 e. The molecule has 2 N–H and O–H groups in total. The summed E-state index contributed by atoms with van der Waals surface area (Å²) in [4.78, 5) is 13.4. The van der Waals surface area contributed by atoms with Crippen molar-refractivity contribution in [3.05, 3.63) is 65.0 Å². The highest BCUT2D eigenvalue weighted by molar-refractivity contribution is 8.00. The average Bonchev–Trinajstić information content (AvgIpc) is 3.18. The Morgan fingerprint density at radius 1 is 1.19 bits per heavy atom. The number of benzene rings is 2.